The third-order valence-electron chi connectivity index (χ3n) is 9.15. The van der Waals surface area contributed by atoms with Crippen LogP contribution in [0.1, 0.15) is 71.6 Å². The summed E-state index contributed by atoms with van der Waals surface area (Å²) in [6.07, 6.45) is 13.5. The van der Waals surface area contributed by atoms with Crippen LogP contribution in [0.2, 0.25) is 0 Å². The standard InChI is InChI=1S/C20H32O2/c1-18-8-4-5-15(18)14-11-17-20(22-17)12-13(21-3)6-10-19(20,2)16(14)7-9-18/h13-17H,4-12H2,1-3H3/t13-,14-,15+,16-,17+,18+,19-,20+/m1/s1. The molecular weight excluding hydrogens is 272 g/mol. The molecule has 124 valence electrons. The maximum absolute atomic E-state index is 6.50. The molecule has 22 heavy (non-hydrogen) atoms. The molecule has 0 aromatic carbocycles. The summed E-state index contributed by atoms with van der Waals surface area (Å²) in [5.41, 5.74) is 1.29. The summed E-state index contributed by atoms with van der Waals surface area (Å²) in [6.45, 7) is 5.19. The molecule has 0 aromatic heterocycles. The molecule has 5 fully saturated rings. The molecule has 2 nitrogen and oxygen atoms in total. The van der Waals surface area contributed by atoms with Crippen molar-refractivity contribution in [2.75, 3.05) is 7.11 Å². The monoisotopic (exact) mass is 304 g/mol. The highest BCUT2D eigenvalue weighted by molar-refractivity contribution is 5.23. The van der Waals surface area contributed by atoms with Gasteiger partial charge in [0.15, 0.2) is 0 Å². The van der Waals surface area contributed by atoms with Crippen molar-refractivity contribution in [2.24, 2.45) is 28.6 Å². The minimum atomic E-state index is 0.194. The molecule has 0 aromatic rings. The summed E-state index contributed by atoms with van der Waals surface area (Å²) >= 11 is 0. The summed E-state index contributed by atoms with van der Waals surface area (Å²) in [7, 11) is 1.89. The van der Waals surface area contributed by atoms with Gasteiger partial charge < -0.3 is 9.47 Å². The molecule has 0 bridgehead atoms. The van der Waals surface area contributed by atoms with Gasteiger partial charge in [0.05, 0.1) is 12.2 Å². The Hall–Kier alpha value is -0.0800. The van der Waals surface area contributed by atoms with Gasteiger partial charge in [-0.3, -0.25) is 0 Å². The number of rotatable bonds is 1. The zero-order valence-electron chi connectivity index (χ0n) is 14.6. The Morgan fingerprint density at radius 2 is 1.86 bits per heavy atom. The van der Waals surface area contributed by atoms with Gasteiger partial charge in [-0.25, -0.2) is 0 Å². The van der Waals surface area contributed by atoms with Gasteiger partial charge >= 0.3 is 0 Å². The van der Waals surface area contributed by atoms with Crippen molar-refractivity contribution in [3.05, 3.63) is 0 Å². The lowest BCUT2D eigenvalue weighted by molar-refractivity contribution is -0.113. The molecule has 0 N–H and O–H groups in total. The van der Waals surface area contributed by atoms with Gasteiger partial charge in [0, 0.05) is 18.9 Å². The molecule has 0 unspecified atom stereocenters. The molecule has 5 rings (SSSR count). The van der Waals surface area contributed by atoms with Crippen molar-refractivity contribution < 1.29 is 9.47 Å². The Balaban J connectivity index is 1.49. The third-order valence-corrected chi connectivity index (χ3v) is 9.15. The van der Waals surface area contributed by atoms with Crippen molar-refractivity contribution in [1.29, 1.82) is 0 Å². The molecule has 4 saturated carbocycles. The molecule has 0 amide bonds. The van der Waals surface area contributed by atoms with E-state index in [0.29, 0.717) is 23.0 Å². The number of fused-ring (bicyclic) bond motifs is 4. The van der Waals surface area contributed by atoms with Gasteiger partial charge in [-0.2, -0.15) is 0 Å². The van der Waals surface area contributed by atoms with Crippen molar-refractivity contribution in [2.45, 2.75) is 89.4 Å². The third kappa shape index (κ3) is 1.55. The summed E-state index contributed by atoms with van der Waals surface area (Å²) in [4.78, 5) is 0. The van der Waals surface area contributed by atoms with Gasteiger partial charge in [0.2, 0.25) is 0 Å². The molecule has 2 heteroatoms. The van der Waals surface area contributed by atoms with E-state index in [2.05, 4.69) is 13.8 Å². The fourth-order valence-corrected chi connectivity index (χ4v) is 7.83. The van der Waals surface area contributed by atoms with Crippen LogP contribution in [-0.2, 0) is 9.47 Å². The van der Waals surface area contributed by atoms with Gasteiger partial charge in [0.25, 0.3) is 0 Å². The Morgan fingerprint density at radius 3 is 2.68 bits per heavy atom. The molecular formula is C20H32O2. The van der Waals surface area contributed by atoms with Crippen LogP contribution < -0.4 is 0 Å². The first-order valence-electron chi connectivity index (χ1n) is 9.73. The maximum Gasteiger partial charge on any atom is 0.103 e. The largest absolute Gasteiger partial charge is 0.381 e. The number of epoxide rings is 1. The van der Waals surface area contributed by atoms with Crippen molar-refractivity contribution in [1.82, 2.24) is 0 Å². The first-order valence-corrected chi connectivity index (χ1v) is 9.73. The van der Waals surface area contributed by atoms with Crippen LogP contribution in [0.4, 0.5) is 0 Å². The fraction of sp³-hybridized carbons (Fsp3) is 1.00. The highest BCUT2D eigenvalue weighted by Crippen LogP contribution is 2.73. The zero-order valence-corrected chi connectivity index (χ0v) is 14.6. The molecule has 8 atom stereocenters. The molecule has 1 heterocycles. The van der Waals surface area contributed by atoms with Crippen LogP contribution in [0.15, 0.2) is 0 Å². The van der Waals surface area contributed by atoms with Crippen molar-refractivity contribution >= 4 is 0 Å². The lowest BCUT2D eigenvalue weighted by atomic mass is 9.45. The molecule has 5 aliphatic rings. The number of methoxy groups -OCH3 is 1. The maximum atomic E-state index is 6.50. The summed E-state index contributed by atoms with van der Waals surface area (Å²) in [6, 6.07) is 0. The Bertz CT molecular complexity index is 490. The van der Waals surface area contributed by atoms with E-state index < -0.39 is 0 Å². The minimum Gasteiger partial charge on any atom is -0.381 e. The van der Waals surface area contributed by atoms with E-state index >= 15 is 0 Å². The van der Waals surface area contributed by atoms with Gasteiger partial charge in [-0.15, -0.1) is 0 Å². The average molecular weight is 304 g/mol. The summed E-state index contributed by atoms with van der Waals surface area (Å²) in [5.74, 6) is 2.86. The predicted octanol–water partition coefficient (Wildman–Crippen LogP) is 4.57. The van der Waals surface area contributed by atoms with Crippen LogP contribution in [0.3, 0.4) is 0 Å². The van der Waals surface area contributed by atoms with E-state index in [0.717, 1.165) is 24.2 Å². The highest BCUT2D eigenvalue weighted by atomic mass is 16.6. The molecule has 1 spiro atoms. The van der Waals surface area contributed by atoms with Crippen molar-refractivity contribution in [3.8, 4) is 0 Å². The van der Waals surface area contributed by atoms with Crippen molar-refractivity contribution in [3.63, 3.8) is 0 Å². The van der Waals surface area contributed by atoms with Crippen LogP contribution in [-0.4, -0.2) is 24.9 Å². The van der Waals surface area contributed by atoms with E-state index in [-0.39, 0.29) is 5.60 Å². The van der Waals surface area contributed by atoms with Crippen LogP contribution >= 0.6 is 0 Å². The topological polar surface area (TPSA) is 21.8 Å². The lowest BCUT2D eigenvalue weighted by Gasteiger charge is -2.58. The first kappa shape index (κ1) is 14.3. The SMILES string of the molecule is CO[C@@H]1CC[C@]2(C)[C@@H]3CC[C@]4(C)CCC[C@H]4[C@H]3C[C@@H]3O[C@@]32C1. The second-order valence-corrected chi connectivity index (χ2v) is 9.71. The Kier molecular flexibility index (Phi) is 2.79. The fourth-order valence-electron chi connectivity index (χ4n) is 7.83. The summed E-state index contributed by atoms with van der Waals surface area (Å²) < 4.78 is 12.2. The van der Waals surface area contributed by atoms with E-state index in [1.165, 1.54) is 51.4 Å². The van der Waals surface area contributed by atoms with E-state index in [9.17, 15) is 0 Å². The first-order chi connectivity index (χ1) is 10.5. The second kappa shape index (κ2) is 4.30. The highest BCUT2D eigenvalue weighted by Gasteiger charge is 2.75. The lowest BCUT2D eigenvalue weighted by Crippen LogP contribution is -2.58. The molecule has 4 aliphatic carbocycles. The van der Waals surface area contributed by atoms with Crippen LogP contribution in [0.25, 0.3) is 0 Å². The average Bonchev–Trinajstić information content (AvgIpc) is 3.05. The molecule has 1 aliphatic heterocycles. The number of hydrogen-bond acceptors (Lipinski definition) is 2. The van der Waals surface area contributed by atoms with E-state index in [1.54, 1.807) is 0 Å². The van der Waals surface area contributed by atoms with Gasteiger partial charge in [-0.05, 0) is 68.1 Å². The molecule has 0 radical (unpaired) electrons. The molecule has 1 saturated heterocycles. The van der Waals surface area contributed by atoms with Gasteiger partial charge in [-0.1, -0.05) is 20.3 Å². The van der Waals surface area contributed by atoms with Crippen LogP contribution in [0.5, 0.6) is 0 Å². The second-order valence-electron chi connectivity index (χ2n) is 9.71. The minimum absolute atomic E-state index is 0.194. The summed E-state index contributed by atoms with van der Waals surface area (Å²) in [5, 5.41) is 0. The predicted molar refractivity (Wildman–Crippen MR) is 86.6 cm³/mol. The van der Waals surface area contributed by atoms with E-state index in [4.69, 9.17) is 9.47 Å². The normalized spacial score (nSPS) is 62.6. The van der Waals surface area contributed by atoms with E-state index in [1.807, 2.05) is 7.11 Å². The number of hydrogen-bond donors (Lipinski definition) is 0. The van der Waals surface area contributed by atoms with Crippen LogP contribution in [0, 0.1) is 28.6 Å². The number of ether oxygens (including phenoxy) is 2. The Morgan fingerprint density at radius 1 is 1.00 bits per heavy atom. The smallest absolute Gasteiger partial charge is 0.103 e. The van der Waals surface area contributed by atoms with Gasteiger partial charge in [0.1, 0.15) is 5.60 Å². The zero-order chi connectivity index (χ0) is 15.2. The quantitative estimate of drug-likeness (QED) is 0.662. The Labute approximate surface area is 135 Å².